The van der Waals surface area contributed by atoms with Crippen molar-refractivity contribution in [1.29, 1.82) is 0 Å². The highest BCUT2D eigenvalue weighted by atomic mass is 35.5. The molecule has 0 spiro atoms. The van der Waals surface area contributed by atoms with Crippen LogP contribution < -0.4 is 20.7 Å². The summed E-state index contributed by atoms with van der Waals surface area (Å²) in [7, 11) is 0. The van der Waals surface area contributed by atoms with Gasteiger partial charge in [-0.05, 0) is 37.3 Å². The summed E-state index contributed by atoms with van der Waals surface area (Å²) in [5.74, 6) is -0.282. The Hall–Kier alpha value is -3.43. The molecule has 3 rings (SSSR count). The third kappa shape index (κ3) is 6.29. The molecule has 168 valence electrons. The first-order valence-electron chi connectivity index (χ1n) is 9.91. The van der Waals surface area contributed by atoms with Crippen LogP contribution in [0.25, 0.3) is 0 Å². The number of ether oxygens (including phenoxy) is 1. The number of halogens is 2. The van der Waals surface area contributed by atoms with Crippen molar-refractivity contribution in [3.05, 3.63) is 59.5 Å². The summed E-state index contributed by atoms with van der Waals surface area (Å²) in [4.78, 5) is 19.7. The molecule has 0 aliphatic heterocycles. The number of aliphatic hydroxyl groups excluding tert-OH is 1. The summed E-state index contributed by atoms with van der Waals surface area (Å²) >= 11 is 6.14. The zero-order valence-corrected chi connectivity index (χ0v) is 18.3. The van der Waals surface area contributed by atoms with Gasteiger partial charge in [-0.1, -0.05) is 24.6 Å². The van der Waals surface area contributed by atoms with Crippen molar-refractivity contribution in [3.63, 3.8) is 0 Å². The van der Waals surface area contributed by atoms with Gasteiger partial charge in [0.05, 0.1) is 17.8 Å². The summed E-state index contributed by atoms with van der Waals surface area (Å²) in [5, 5.41) is 18.2. The molecule has 0 saturated carbocycles. The molecule has 0 aliphatic rings. The van der Waals surface area contributed by atoms with Gasteiger partial charge in [-0.3, -0.25) is 4.79 Å². The van der Waals surface area contributed by atoms with E-state index in [2.05, 4.69) is 25.9 Å². The van der Waals surface area contributed by atoms with Crippen LogP contribution in [0.5, 0.6) is 5.75 Å². The van der Waals surface area contributed by atoms with Crippen molar-refractivity contribution >= 4 is 46.3 Å². The SMILES string of the molecule is CCC(=O)Nc1cccc(Nc2nc(Nc3ccc(Cl)c(O[C@@H](C)CO)c3)ncc2F)c1. The van der Waals surface area contributed by atoms with Crippen LogP contribution in [0.4, 0.5) is 33.2 Å². The van der Waals surface area contributed by atoms with Gasteiger partial charge in [0.2, 0.25) is 11.9 Å². The number of amides is 1. The second-order valence-corrected chi connectivity index (χ2v) is 7.29. The maximum Gasteiger partial charge on any atom is 0.229 e. The third-order valence-electron chi connectivity index (χ3n) is 4.25. The van der Waals surface area contributed by atoms with Crippen LogP contribution in [0, 0.1) is 5.82 Å². The lowest BCUT2D eigenvalue weighted by molar-refractivity contribution is -0.115. The number of hydrogen-bond acceptors (Lipinski definition) is 7. The maximum atomic E-state index is 14.3. The Kier molecular flexibility index (Phi) is 7.80. The standard InChI is InChI=1S/C22H23ClFN5O3/c1-3-20(31)26-14-5-4-6-15(9-14)27-21-18(24)11-25-22(29-21)28-16-7-8-17(23)19(10-16)32-13(2)12-30/h4-11,13,30H,3,12H2,1-2H3,(H,26,31)(H2,25,27,28,29)/t13-/m0/s1. The average Bonchev–Trinajstić information content (AvgIpc) is 2.78. The van der Waals surface area contributed by atoms with Crippen LogP contribution in [0.15, 0.2) is 48.7 Å². The van der Waals surface area contributed by atoms with E-state index >= 15 is 0 Å². The summed E-state index contributed by atoms with van der Waals surface area (Å²) in [5.41, 5.74) is 1.69. The zero-order valence-electron chi connectivity index (χ0n) is 17.5. The molecule has 0 fully saturated rings. The molecule has 0 bridgehead atoms. The van der Waals surface area contributed by atoms with Crippen molar-refractivity contribution < 1.29 is 19.0 Å². The summed E-state index contributed by atoms with van der Waals surface area (Å²) < 4.78 is 19.9. The largest absolute Gasteiger partial charge is 0.487 e. The number of rotatable bonds is 9. The zero-order chi connectivity index (χ0) is 23.1. The molecule has 1 amide bonds. The van der Waals surface area contributed by atoms with Gasteiger partial charge in [0.1, 0.15) is 11.9 Å². The van der Waals surface area contributed by atoms with Gasteiger partial charge in [-0.25, -0.2) is 9.37 Å². The van der Waals surface area contributed by atoms with Crippen molar-refractivity contribution in [1.82, 2.24) is 9.97 Å². The van der Waals surface area contributed by atoms with Gasteiger partial charge in [0, 0.05) is 29.5 Å². The number of anilines is 5. The van der Waals surface area contributed by atoms with Crippen molar-refractivity contribution in [2.24, 2.45) is 0 Å². The topological polar surface area (TPSA) is 108 Å². The van der Waals surface area contributed by atoms with Crippen LogP contribution in [0.3, 0.4) is 0 Å². The number of nitrogens with one attached hydrogen (secondary N) is 3. The molecule has 0 radical (unpaired) electrons. The average molecular weight is 460 g/mol. The molecule has 1 heterocycles. The Balaban J connectivity index is 1.77. The molecule has 0 unspecified atom stereocenters. The fourth-order valence-corrected chi connectivity index (χ4v) is 2.79. The predicted molar refractivity (Wildman–Crippen MR) is 123 cm³/mol. The Morgan fingerprint density at radius 3 is 2.69 bits per heavy atom. The molecule has 3 aromatic rings. The second-order valence-electron chi connectivity index (χ2n) is 6.88. The van der Waals surface area contributed by atoms with Crippen molar-refractivity contribution in [3.8, 4) is 5.75 Å². The Morgan fingerprint density at radius 1 is 1.19 bits per heavy atom. The number of hydrogen-bond donors (Lipinski definition) is 4. The van der Waals surface area contributed by atoms with E-state index in [1.807, 2.05) is 0 Å². The first kappa shape index (κ1) is 23.2. The van der Waals surface area contributed by atoms with E-state index in [1.165, 1.54) is 0 Å². The lowest BCUT2D eigenvalue weighted by Gasteiger charge is -2.15. The molecular weight excluding hydrogens is 437 g/mol. The normalized spacial score (nSPS) is 11.5. The first-order valence-corrected chi connectivity index (χ1v) is 10.3. The molecule has 8 nitrogen and oxygen atoms in total. The van der Waals surface area contributed by atoms with Gasteiger partial charge >= 0.3 is 0 Å². The van der Waals surface area contributed by atoms with Gasteiger partial charge in [-0.2, -0.15) is 4.98 Å². The molecular formula is C22H23ClFN5O3. The van der Waals surface area contributed by atoms with Crippen LogP contribution in [-0.2, 0) is 4.79 Å². The number of carbonyl (C=O) groups is 1. The van der Waals surface area contributed by atoms with E-state index in [1.54, 1.807) is 56.3 Å². The van der Waals surface area contributed by atoms with E-state index in [4.69, 9.17) is 16.3 Å². The number of aromatic nitrogens is 2. The predicted octanol–water partition coefficient (Wildman–Crippen LogP) is 4.86. The number of carbonyl (C=O) groups excluding carboxylic acids is 1. The van der Waals surface area contributed by atoms with E-state index in [0.717, 1.165) is 6.20 Å². The summed E-state index contributed by atoms with van der Waals surface area (Å²) in [6, 6.07) is 11.8. The van der Waals surface area contributed by atoms with Crippen LogP contribution >= 0.6 is 11.6 Å². The monoisotopic (exact) mass is 459 g/mol. The molecule has 4 N–H and O–H groups in total. The Morgan fingerprint density at radius 2 is 1.94 bits per heavy atom. The van der Waals surface area contributed by atoms with Gasteiger partial charge in [-0.15, -0.1) is 0 Å². The number of benzene rings is 2. The fourth-order valence-electron chi connectivity index (χ4n) is 2.63. The minimum atomic E-state index is -0.643. The summed E-state index contributed by atoms with van der Waals surface area (Å²) in [6.07, 6.45) is 0.962. The molecule has 10 heteroatoms. The summed E-state index contributed by atoms with van der Waals surface area (Å²) in [6.45, 7) is 3.30. The quantitative estimate of drug-likeness (QED) is 0.361. The maximum absolute atomic E-state index is 14.3. The second kappa shape index (κ2) is 10.7. The molecule has 32 heavy (non-hydrogen) atoms. The lowest BCUT2D eigenvalue weighted by Crippen LogP contribution is -2.16. The number of nitrogens with zero attached hydrogens (tertiary/aromatic N) is 2. The van der Waals surface area contributed by atoms with Crippen LogP contribution in [0.1, 0.15) is 20.3 Å². The van der Waals surface area contributed by atoms with Crippen LogP contribution in [-0.4, -0.2) is 33.7 Å². The molecule has 1 atom stereocenters. The third-order valence-corrected chi connectivity index (χ3v) is 4.56. The van der Waals surface area contributed by atoms with Gasteiger partial charge < -0.3 is 25.8 Å². The highest BCUT2D eigenvalue weighted by Crippen LogP contribution is 2.30. The molecule has 1 aromatic heterocycles. The fraction of sp³-hybridized carbons (Fsp3) is 0.227. The van der Waals surface area contributed by atoms with E-state index in [0.29, 0.717) is 34.3 Å². The highest BCUT2D eigenvalue weighted by Gasteiger charge is 2.11. The van der Waals surface area contributed by atoms with Crippen molar-refractivity contribution in [2.45, 2.75) is 26.4 Å². The highest BCUT2D eigenvalue weighted by molar-refractivity contribution is 6.32. The molecule has 2 aromatic carbocycles. The minimum Gasteiger partial charge on any atom is -0.487 e. The van der Waals surface area contributed by atoms with Crippen molar-refractivity contribution in [2.75, 3.05) is 22.6 Å². The number of aliphatic hydroxyl groups is 1. The lowest BCUT2D eigenvalue weighted by atomic mass is 10.2. The molecule has 0 saturated heterocycles. The Bertz CT molecular complexity index is 1100. The van der Waals surface area contributed by atoms with E-state index in [9.17, 15) is 14.3 Å². The Labute approximate surface area is 189 Å². The van der Waals surface area contributed by atoms with Crippen LogP contribution in [0.2, 0.25) is 5.02 Å². The van der Waals surface area contributed by atoms with Gasteiger partial charge in [0.15, 0.2) is 11.6 Å². The van der Waals surface area contributed by atoms with E-state index in [-0.39, 0.29) is 24.3 Å². The minimum absolute atomic E-state index is 0.0409. The smallest absolute Gasteiger partial charge is 0.229 e. The van der Waals surface area contributed by atoms with Gasteiger partial charge in [0.25, 0.3) is 0 Å². The van der Waals surface area contributed by atoms with E-state index < -0.39 is 11.9 Å². The molecule has 0 aliphatic carbocycles. The first-order chi connectivity index (χ1) is 15.4.